The average Bonchev–Trinajstić information content (AvgIpc) is 2.44. The van der Waals surface area contributed by atoms with Gasteiger partial charge in [-0.3, -0.25) is 4.90 Å². The summed E-state index contributed by atoms with van der Waals surface area (Å²) in [5.41, 5.74) is 7.29. The summed E-state index contributed by atoms with van der Waals surface area (Å²) in [5.74, 6) is 0. The average molecular weight is 392 g/mol. The van der Waals surface area contributed by atoms with E-state index in [1.54, 1.807) is 0 Å². The zero-order chi connectivity index (χ0) is 13.8. The first kappa shape index (κ1) is 15.4. The lowest BCUT2D eigenvalue weighted by Crippen LogP contribution is -2.48. The minimum absolute atomic E-state index is 0.262. The molecule has 0 radical (unpaired) electrons. The molecule has 2 atom stereocenters. The Hall–Kier alpha value is 0.0600. The summed E-state index contributed by atoms with van der Waals surface area (Å²) >= 11 is 7.08. The predicted octanol–water partition coefficient (Wildman–Crippen LogP) is 3.32. The second-order valence-electron chi connectivity index (χ2n) is 4.80. The largest absolute Gasteiger partial charge is 0.378 e. The number of morpholine rings is 1. The van der Waals surface area contributed by atoms with Crippen LogP contribution in [0.15, 0.2) is 27.1 Å². The summed E-state index contributed by atoms with van der Waals surface area (Å²) in [6.07, 6.45) is 1.09. The normalized spacial score (nSPS) is 22.4. The van der Waals surface area contributed by atoms with Crippen LogP contribution in [0.2, 0.25) is 0 Å². The van der Waals surface area contributed by atoms with Gasteiger partial charge in [0.25, 0.3) is 0 Å². The molecule has 1 aromatic carbocycles. The Morgan fingerprint density at radius 2 is 2.21 bits per heavy atom. The summed E-state index contributed by atoms with van der Waals surface area (Å²) in [5, 5.41) is 0. The molecule has 0 bridgehead atoms. The number of ether oxygens (including phenoxy) is 1. The van der Waals surface area contributed by atoms with Crippen LogP contribution in [0.4, 0.5) is 0 Å². The Balaban J connectivity index is 2.24. The molecule has 3 nitrogen and oxygen atoms in total. The monoisotopic (exact) mass is 390 g/mol. The van der Waals surface area contributed by atoms with E-state index in [1.165, 1.54) is 5.56 Å². The molecule has 2 N–H and O–H groups in total. The van der Waals surface area contributed by atoms with Crippen LogP contribution in [0.25, 0.3) is 0 Å². The molecule has 2 rings (SSSR count). The molecule has 1 aliphatic heterocycles. The van der Waals surface area contributed by atoms with Gasteiger partial charge >= 0.3 is 0 Å². The lowest BCUT2D eigenvalue weighted by Gasteiger charge is -2.40. The molecule has 2 unspecified atom stereocenters. The lowest BCUT2D eigenvalue weighted by molar-refractivity contribution is -0.0291. The third kappa shape index (κ3) is 3.58. The van der Waals surface area contributed by atoms with Crippen molar-refractivity contribution < 1.29 is 4.74 Å². The maximum atomic E-state index is 6.03. The Morgan fingerprint density at radius 1 is 1.42 bits per heavy atom. The van der Waals surface area contributed by atoms with E-state index in [2.05, 4.69) is 61.9 Å². The van der Waals surface area contributed by atoms with Crippen molar-refractivity contribution in [2.45, 2.75) is 25.4 Å². The molecule has 19 heavy (non-hydrogen) atoms. The van der Waals surface area contributed by atoms with Crippen molar-refractivity contribution in [3.63, 3.8) is 0 Å². The molecule has 0 aromatic heterocycles. The summed E-state index contributed by atoms with van der Waals surface area (Å²) in [6.45, 7) is 5.39. The summed E-state index contributed by atoms with van der Waals surface area (Å²) in [6, 6.07) is 7.10. The quantitative estimate of drug-likeness (QED) is 0.855. The fraction of sp³-hybridized carbons (Fsp3) is 0.571. The van der Waals surface area contributed by atoms with E-state index in [-0.39, 0.29) is 6.04 Å². The summed E-state index contributed by atoms with van der Waals surface area (Å²) in [7, 11) is 0. The van der Waals surface area contributed by atoms with Gasteiger partial charge in [-0.15, -0.1) is 0 Å². The fourth-order valence-electron chi connectivity index (χ4n) is 2.61. The third-order valence-electron chi connectivity index (χ3n) is 3.70. The van der Waals surface area contributed by atoms with Crippen molar-refractivity contribution in [2.75, 3.05) is 26.3 Å². The highest BCUT2D eigenvalue weighted by atomic mass is 79.9. The first-order chi connectivity index (χ1) is 9.17. The molecular weight excluding hydrogens is 372 g/mol. The van der Waals surface area contributed by atoms with Gasteiger partial charge in [0, 0.05) is 34.1 Å². The van der Waals surface area contributed by atoms with Gasteiger partial charge < -0.3 is 10.5 Å². The Labute approximate surface area is 131 Å². The highest BCUT2D eigenvalue weighted by molar-refractivity contribution is 9.13. The smallest absolute Gasteiger partial charge is 0.0622 e. The minimum atomic E-state index is 0.262. The van der Waals surface area contributed by atoms with Crippen LogP contribution in [0.5, 0.6) is 0 Å². The highest BCUT2D eigenvalue weighted by Crippen LogP contribution is 2.30. The van der Waals surface area contributed by atoms with E-state index < -0.39 is 0 Å². The van der Waals surface area contributed by atoms with Crippen molar-refractivity contribution in [3.8, 4) is 0 Å². The SMILES string of the molecule is CCC1COCCN1C(CN)c1ccc(Br)c(Br)c1. The van der Waals surface area contributed by atoms with Gasteiger partial charge in [-0.2, -0.15) is 0 Å². The standard InChI is InChI=1S/C14H20Br2N2O/c1-2-11-9-19-6-5-18(11)14(8-17)10-3-4-12(15)13(16)7-10/h3-4,7,11,14H,2,5-6,8-9,17H2,1H3. The number of benzene rings is 1. The van der Waals surface area contributed by atoms with Gasteiger partial charge in [-0.25, -0.2) is 0 Å². The summed E-state index contributed by atoms with van der Waals surface area (Å²) in [4.78, 5) is 2.49. The minimum Gasteiger partial charge on any atom is -0.378 e. The molecule has 106 valence electrons. The van der Waals surface area contributed by atoms with Gasteiger partial charge in [-0.05, 0) is 56.0 Å². The highest BCUT2D eigenvalue weighted by Gasteiger charge is 2.28. The van der Waals surface area contributed by atoms with Crippen molar-refractivity contribution in [2.24, 2.45) is 5.73 Å². The Kier molecular flexibility index (Phi) is 5.84. The van der Waals surface area contributed by atoms with E-state index in [0.29, 0.717) is 12.6 Å². The van der Waals surface area contributed by atoms with E-state index in [0.717, 1.165) is 35.1 Å². The summed E-state index contributed by atoms with van der Waals surface area (Å²) < 4.78 is 7.72. The van der Waals surface area contributed by atoms with Crippen molar-refractivity contribution in [1.82, 2.24) is 4.90 Å². The van der Waals surface area contributed by atoms with Crippen LogP contribution in [-0.2, 0) is 4.74 Å². The molecule has 1 aromatic rings. The van der Waals surface area contributed by atoms with Crippen LogP contribution >= 0.6 is 31.9 Å². The Bertz CT molecular complexity index is 428. The Morgan fingerprint density at radius 3 is 2.84 bits per heavy atom. The number of hydrogen-bond acceptors (Lipinski definition) is 3. The molecule has 0 saturated carbocycles. The lowest BCUT2D eigenvalue weighted by atomic mass is 10.0. The van der Waals surface area contributed by atoms with Crippen LogP contribution in [-0.4, -0.2) is 37.2 Å². The van der Waals surface area contributed by atoms with Crippen LogP contribution in [0.3, 0.4) is 0 Å². The van der Waals surface area contributed by atoms with E-state index in [1.807, 2.05) is 0 Å². The maximum absolute atomic E-state index is 6.03. The first-order valence-electron chi connectivity index (χ1n) is 6.65. The number of rotatable bonds is 4. The molecule has 1 heterocycles. The number of nitrogens with zero attached hydrogens (tertiary/aromatic N) is 1. The number of hydrogen-bond donors (Lipinski definition) is 1. The predicted molar refractivity (Wildman–Crippen MR) is 85.2 cm³/mol. The first-order valence-corrected chi connectivity index (χ1v) is 8.24. The number of nitrogens with two attached hydrogens (primary N) is 1. The third-order valence-corrected chi connectivity index (χ3v) is 5.58. The van der Waals surface area contributed by atoms with Gasteiger partial charge in [0.05, 0.1) is 13.2 Å². The molecule has 0 spiro atoms. The van der Waals surface area contributed by atoms with Crippen molar-refractivity contribution >= 4 is 31.9 Å². The van der Waals surface area contributed by atoms with Crippen LogP contribution in [0.1, 0.15) is 24.9 Å². The van der Waals surface area contributed by atoms with Gasteiger partial charge in [0.15, 0.2) is 0 Å². The maximum Gasteiger partial charge on any atom is 0.0622 e. The van der Waals surface area contributed by atoms with Crippen molar-refractivity contribution in [1.29, 1.82) is 0 Å². The number of halogens is 2. The fourth-order valence-corrected chi connectivity index (χ4v) is 3.26. The second kappa shape index (κ2) is 7.18. The molecule has 1 fully saturated rings. The topological polar surface area (TPSA) is 38.5 Å². The van der Waals surface area contributed by atoms with E-state index >= 15 is 0 Å². The van der Waals surface area contributed by atoms with Gasteiger partial charge in [0.2, 0.25) is 0 Å². The molecule has 1 saturated heterocycles. The molecule has 5 heteroatoms. The van der Waals surface area contributed by atoms with Crippen LogP contribution < -0.4 is 5.73 Å². The van der Waals surface area contributed by atoms with Gasteiger partial charge in [-0.1, -0.05) is 13.0 Å². The van der Waals surface area contributed by atoms with Crippen LogP contribution in [0, 0.1) is 0 Å². The van der Waals surface area contributed by atoms with Gasteiger partial charge in [0.1, 0.15) is 0 Å². The zero-order valence-electron chi connectivity index (χ0n) is 11.1. The zero-order valence-corrected chi connectivity index (χ0v) is 14.3. The van der Waals surface area contributed by atoms with Crippen molar-refractivity contribution in [3.05, 3.63) is 32.7 Å². The molecule has 0 amide bonds. The molecular formula is C14H20Br2N2O. The van der Waals surface area contributed by atoms with E-state index in [9.17, 15) is 0 Å². The van der Waals surface area contributed by atoms with E-state index in [4.69, 9.17) is 10.5 Å². The molecule has 1 aliphatic rings. The second-order valence-corrected chi connectivity index (χ2v) is 6.51. The molecule has 0 aliphatic carbocycles.